The van der Waals surface area contributed by atoms with Crippen molar-refractivity contribution in [3.8, 4) is 0 Å². The lowest BCUT2D eigenvalue weighted by molar-refractivity contribution is -0.133. The van der Waals surface area contributed by atoms with E-state index in [1.165, 1.54) is 0 Å². The largest absolute Gasteiger partial charge is 0.324 e. The number of aryl methyl sites for hydroxylation is 1. The van der Waals surface area contributed by atoms with E-state index < -0.39 is 6.04 Å². The molecule has 0 saturated heterocycles. The first-order valence-electron chi connectivity index (χ1n) is 9.98. The zero-order valence-electron chi connectivity index (χ0n) is 16.0. The van der Waals surface area contributed by atoms with Crippen LogP contribution in [0.3, 0.4) is 0 Å². The fourth-order valence-corrected chi connectivity index (χ4v) is 3.97. The molecule has 1 saturated carbocycles. The molecule has 1 atom stereocenters. The van der Waals surface area contributed by atoms with Crippen LogP contribution in [0.15, 0.2) is 18.2 Å². The van der Waals surface area contributed by atoms with Gasteiger partial charge in [-0.15, -0.1) is 0 Å². The molecular weight excluding hydrogens is 342 g/mol. The van der Waals surface area contributed by atoms with Crippen molar-refractivity contribution in [2.24, 2.45) is 0 Å². The summed E-state index contributed by atoms with van der Waals surface area (Å²) in [6, 6.07) is 5.23. The summed E-state index contributed by atoms with van der Waals surface area (Å²) in [4.78, 5) is 49.9. The van der Waals surface area contributed by atoms with Gasteiger partial charge in [-0.05, 0) is 36.5 Å². The lowest BCUT2D eigenvalue weighted by Crippen LogP contribution is -2.44. The zero-order valence-corrected chi connectivity index (χ0v) is 16.0. The normalized spacial score (nSPS) is 19.5. The number of hydrogen-bond acceptors (Lipinski definition) is 4. The maximum atomic E-state index is 12.7. The van der Waals surface area contributed by atoms with Crippen LogP contribution in [-0.4, -0.2) is 34.2 Å². The molecule has 0 radical (unpaired) electrons. The first-order valence-corrected chi connectivity index (χ1v) is 9.98. The first-order chi connectivity index (χ1) is 13.0. The molecule has 0 spiro atoms. The molecule has 0 aromatic heterocycles. The Balaban J connectivity index is 1.61. The standard InChI is InChI=1S/C22H27NO4/c1-2-3-4-5-17(24)8-6-15-7-10-19-16(12-15)14-23(22(19)27)20-11-9-18(25)13-21(20)26/h7,10,12,20H,2-6,8-9,11,13-14H2,1H3. The SMILES string of the molecule is CCCCCC(=O)CCc1ccc2c(c1)CN(C1CCC(=O)CC1=O)C2=O. The van der Waals surface area contributed by atoms with E-state index in [-0.39, 0.29) is 23.9 Å². The smallest absolute Gasteiger partial charge is 0.255 e. The molecule has 1 aromatic rings. The van der Waals surface area contributed by atoms with Crippen LogP contribution in [0.1, 0.15) is 79.8 Å². The summed E-state index contributed by atoms with van der Waals surface area (Å²) in [5, 5.41) is 0. The van der Waals surface area contributed by atoms with Gasteiger partial charge in [0.1, 0.15) is 11.6 Å². The molecule has 5 nitrogen and oxygen atoms in total. The number of hydrogen-bond donors (Lipinski definition) is 0. The lowest BCUT2D eigenvalue weighted by Gasteiger charge is -2.29. The number of nitrogens with zero attached hydrogens (tertiary/aromatic N) is 1. The number of ketones is 3. The molecule has 1 unspecified atom stereocenters. The minimum absolute atomic E-state index is 0.0358. The number of amides is 1. The summed E-state index contributed by atoms with van der Waals surface area (Å²) in [6.07, 6.45) is 5.75. The second-order valence-corrected chi connectivity index (χ2v) is 7.66. The Labute approximate surface area is 160 Å². The predicted molar refractivity (Wildman–Crippen MR) is 101 cm³/mol. The van der Waals surface area contributed by atoms with Gasteiger partial charge in [-0.2, -0.15) is 0 Å². The van der Waals surface area contributed by atoms with Gasteiger partial charge in [0.25, 0.3) is 5.91 Å². The van der Waals surface area contributed by atoms with Gasteiger partial charge in [0.2, 0.25) is 0 Å². The van der Waals surface area contributed by atoms with Gasteiger partial charge in [0.05, 0.1) is 12.5 Å². The van der Waals surface area contributed by atoms with Crippen LogP contribution in [-0.2, 0) is 27.3 Å². The molecule has 1 aromatic carbocycles. The molecule has 0 N–H and O–H groups in total. The van der Waals surface area contributed by atoms with Crippen molar-refractivity contribution in [2.75, 3.05) is 0 Å². The molecule has 3 rings (SSSR count). The van der Waals surface area contributed by atoms with E-state index >= 15 is 0 Å². The maximum absolute atomic E-state index is 12.7. The summed E-state index contributed by atoms with van der Waals surface area (Å²) < 4.78 is 0. The molecule has 1 heterocycles. The average molecular weight is 369 g/mol. The quantitative estimate of drug-likeness (QED) is 0.520. The number of Topliss-reactive ketones (excluding diaryl/α,β-unsaturated/α-hetero) is 3. The number of rotatable bonds is 8. The van der Waals surface area contributed by atoms with Gasteiger partial charge in [-0.25, -0.2) is 0 Å². The lowest BCUT2D eigenvalue weighted by atomic mass is 9.92. The third-order valence-corrected chi connectivity index (χ3v) is 5.57. The van der Waals surface area contributed by atoms with Gasteiger partial charge >= 0.3 is 0 Å². The minimum atomic E-state index is -0.480. The number of fused-ring (bicyclic) bond motifs is 1. The second kappa shape index (κ2) is 8.59. The Kier molecular flexibility index (Phi) is 6.19. The van der Waals surface area contributed by atoms with Crippen LogP contribution in [0.5, 0.6) is 0 Å². The molecular formula is C22H27NO4. The first kappa shape index (κ1) is 19.5. The van der Waals surface area contributed by atoms with Crippen molar-refractivity contribution in [3.05, 3.63) is 34.9 Å². The highest BCUT2D eigenvalue weighted by molar-refractivity contribution is 6.07. The van der Waals surface area contributed by atoms with Crippen LogP contribution < -0.4 is 0 Å². The van der Waals surface area contributed by atoms with Crippen molar-refractivity contribution in [1.82, 2.24) is 4.90 Å². The highest BCUT2D eigenvalue weighted by atomic mass is 16.2. The monoisotopic (exact) mass is 369 g/mol. The molecule has 144 valence electrons. The topological polar surface area (TPSA) is 71.5 Å². The molecule has 2 aliphatic rings. The van der Waals surface area contributed by atoms with Crippen molar-refractivity contribution in [1.29, 1.82) is 0 Å². The van der Waals surface area contributed by atoms with Gasteiger partial charge < -0.3 is 4.90 Å². The molecule has 1 fully saturated rings. The van der Waals surface area contributed by atoms with Crippen LogP contribution in [0, 0.1) is 0 Å². The average Bonchev–Trinajstić information content (AvgIpc) is 2.96. The van der Waals surface area contributed by atoms with Crippen LogP contribution >= 0.6 is 0 Å². The van der Waals surface area contributed by atoms with Crippen molar-refractivity contribution in [2.45, 2.75) is 77.3 Å². The van der Waals surface area contributed by atoms with Gasteiger partial charge in [-0.1, -0.05) is 31.9 Å². The third-order valence-electron chi connectivity index (χ3n) is 5.57. The zero-order chi connectivity index (χ0) is 19.4. The molecule has 0 bridgehead atoms. The second-order valence-electron chi connectivity index (χ2n) is 7.66. The summed E-state index contributed by atoms with van der Waals surface area (Å²) in [5.74, 6) is -0.0179. The Bertz CT molecular complexity index is 768. The van der Waals surface area contributed by atoms with Crippen LogP contribution in [0.2, 0.25) is 0 Å². The Morgan fingerprint density at radius 2 is 1.96 bits per heavy atom. The van der Waals surface area contributed by atoms with E-state index in [4.69, 9.17) is 0 Å². The van der Waals surface area contributed by atoms with Gasteiger partial charge in [0.15, 0.2) is 5.78 Å². The molecule has 1 aliphatic carbocycles. The number of unbranched alkanes of at least 4 members (excludes halogenated alkanes) is 2. The molecule has 5 heteroatoms. The summed E-state index contributed by atoms with van der Waals surface area (Å²) in [7, 11) is 0. The van der Waals surface area contributed by atoms with Crippen LogP contribution in [0.25, 0.3) is 0 Å². The van der Waals surface area contributed by atoms with Crippen molar-refractivity contribution >= 4 is 23.3 Å². The van der Waals surface area contributed by atoms with Gasteiger partial charge in [-0.3, -0.25) is 19.2 Å². The number of benzene rings is 1. The number of carbonyl (C=O) groups excluding carboxylic acids is 4. The van der Waals surface area contributed by atoms with Crippen molar-refractivity contribution in [3.63, 3.8) is 0 Å². The summed E-state index contributed by atoms with van der Waals surface area (Å²) in [5.41, 5.74) is 2.61. The van der Waals surface area contributed by atoms with E-state index in [9.17, 15) is 19.2 Å². The highest BCUT2D eigenvalue weighted by Crippen LogP contribution is 2.29. The summed E-state index contributed by atoms with van der Waals surface area (Å²) >= 11 is 0. The van der Waals surface area contributed by atoms with Crippen LogP contribution in [0.4, 0.5) is 0 Å². The van der Waals surface area contributed by atoms with E-state index in [0.29, 0.717) is 50.0 Å². The Morgan fingerprint density at radius 3 is 2.70 bits per heavy atom. The van der Waals surface area contributed by atoms with E-state index in [1.54, 1.807) is 4.90 Å². The molecule has 27 heavy (non-hydrogen) atoms. The Morgan fingerprint density at radius 1 is 1.15 bits per heavy atom. The predicted octanol–water partition coefficient (Wildman–Crippen LogP) is 3.42. The Hall–Kier alpha value is -2.30. The number of carbonyl (C=O) groups is 4. The third kappa shape index (κ3) is 4.52. The van der Waals surface area contributed by atoms with E-state index in [0.717, 1.165) is 30.4 Å². The van der Waals surface area contributed by atoms with Gasteiger partial charge in [0, 0.05) is 31.4 Å². The fraction of sp³-hybridized carbons (Fsp3) is 0.545. The maximum Gasteiger partial charge on any atom is 0.255 e. The van der Waals surface area contributed by atoms with Crippen molar-refractivity contribution < 1.29 is 19.2 Å². The summed E-state index contributed by atoms with van der Waals surface area (Å²) in [6.45, 7) is 2.54. The highest BCUT2D eigenvalue weighted by Gasteiger charge is 2.38. The fourth-order valence-electron chi connectivity index (χ4n) is 3.97. The van der Waals surface area contributed by atoms with E-state index in [1.807, 2.05) is 18.2 Å². The molecule has 1 amide bonds. The van der Waals surface area contributed by atoms with E-state index in [2.05, 4.69) is 6.92 Å². The molecule has 1 aliphatic heterocycles. The minimum Gasteiger partial charge on any atom is -0.324 e.